The van der Waals surface area contributed by atoms with Crippen molar-refractivity contribution in [2.45, 2.75) is 25.7 Å². The molecule has 3 rings (SSSR count). The summed E-state index contributed by atoms with van der Waals surface area (Å²) in [7, 11) is -3.60. The highest BCUT2D eigenvalue weighted by atomic mass is 32.2. The van der Waals surface area contributed by atoms with Gasteiger partial charge in [-0.2, -0.15) is 4.31 Å². The van der Waals surface area contributed by atoms with Gasteiger partial charge in [-0.05, 0) is 55.7 Å². The van der Waals surface area contributed by atoms with E-state index in [1.54, 1.807) is 25.1 Å². The molecule has 0 aliphatic carbocycles. The zero-order valence-electron chi connectivity index (χ0n) is 17.0. The Morgan fingerprint density at radius 3 is 2.45 bits per heavy atom. The van der Waals surface area contributed by atoms with Crippen LogP contribution in [0, 0.1) is 20.8 Å². The van der Waals surface area contributed by atoms with Gasteiger partial charge in [-0.25, -0.2) is 8.42 Å². The van der Waals surface area contributed by atoms with Crippen molar-refractivity contribution in [1.29, 1.82) is 0 Å². The van der Waals surface area contributed by atoms with Crippen LogP contribution in [0.1, 0.15) is 16.7 Å². The Kier molecular flexibility index (Phi) is 6.56. The first-order chi connectivity index (χ1) is 13.8. The average molecular weight is 418 g/mol. The Hall–Kier alpha value is -2.42. The maximum Gasteiger partial charge on any atom is 0.243 e. The normalized spacial score (nSPS) is 15.1. The fourth-order valence-electron chi connectivity index (χ4n) is 3.16. The minimum Gasteiger partial charge on any atom is -0.379 e. The van der Waals surface area contributed by atoms with E-state index in [1.807, 2.05) is 32.0 Å². The monoisotopic (exact) mass is 417 g/mol. The number of anilines is 2. The van der Waals surface area contributed by atoms with Crippen molar-refractivity contribution in [3.05, 3.63) is 53.1 Å². The molecular weight excluding hydrogens is 390 g/mol. The molecule has 0 spiro atoms. The number of benzene rings is 2. The number of aryl methyl sites for hydroxylation is 3. The first-order valence-electron chi connectivity index (χ1n) is 9.57. The number of carbonyl (C=O) groups is 1. The average Bonchev–Trinajstić information content (AvgIpc) is 2.70. The second kappa shape index (κ2) is 8.94. The molecule has 0 bridgehead atoms. The standard InChI is InChI=1S/C21H27N3O4S/c1-15-4-5-16(2)19(12-15)23-21(25)14-22-18-7-6-17(3)20(13-18)29(26,27)24-8-10-28-11-9-24/h4-7,12-13,22H,8-11,14H2,1-3H3,(H,23,25). The Morgan fingerprint density at radius 1 is 1.03 bits per heavy atom. The van der Waals surface area contributed by atoms with Gasteiger partial charge in [0.15, 0.2) is 0 Å². The summed E-state index contributed by atoms with van der Waals surface area (Å²) >= 11 is 0. The molecule has 0 saturated carbocycles. The summed E-state index contributed by atoms with van der Waals surface area (Å²) in [5.74, 6) is -0.197. The zero-order chi connectivity index (χ0) is 21.0. The van der Waals surface area contributed by atoms with Crippen LogP contribution in [-0.2, 0) is 19.6 Å². The highest BCUT2D eigenvalue weighted by Gasteiger charge is 2.27. The van der Waals surface area contributed by atoms with Crippen molar-refractivity contribution in [3.63, 3.8) is 0 Å². The first-order valence-corrected chi connectivity index (χ1v) is 11.0. The number of sulfonamides is 1. The molecule has 0 radical (unpaired) electrons. The van der Waals surface area contributed by atoms with Crippen LogP contribution in [0.25, 0.3) is 0 Å². The molecule has 7 nitrogen and oxygen atoms in total. The highest BCUT2D eigenvalue weighted by Crippen LogP contribution is 2.24. The van der Waals surface area contributed by atoms with Crippen molar-refractivity contribution in [3.8, 4) is 0 Å². The van der Waals surface area contributed by atoms with Crippen LogP contribution in [0.3, 0.4) is 0 Å². The molecule has 0 aromatic heterocycles. The van der Waals surface area contributed by atoms with E-state index in [4.69, 9.17) is 4.74 Å². The molecule has 1 heterocycles. The largest absolute Gasteiger partial charge is 0.379 e. The van der Waals surface area contributed by atoms with Gasteiger partial charge >= 0.3 is 0 Å². The number of hydrogen-bond donors (Lipinski definition) is 2. The Morgan fingerprint density at radius 2 is 1.72 bits per heavy atom. The maximum absolute atomic E-state index is 13.0. The van der Waals surface area contributed by atoms with E-state index in [0.717, 1.165) is 16.8 Å². The molecule has 0 unspecified atom stereocenters. The number of nitrogens with zero attached hydrogens (tertiary/aromatic N) is 1. The van der Waals surface area contributed by atoms with Crippen LogP contribution in [-0.4, -0.2) is 51.5 Å². The molecule has 1 aliphatic heterocycles. The Labute approximate surface area is 172 Å². The van der Waals surface area contributed by atoms with E-state index in [1.165, 1.54) is 4.31 Å². The van der Waals surface area contributed by atoms with Crippen molar-refractivity contribution >= 4 is 27.3 Å². The van der Waals surface area contributed by atoms with Crippen LogP contribution >= 0.6 is 0 Å². The Bertz CT molecular complexity index is 999. The lowest BCUT2D eigenvalue weighted by atomic mass is 10.1. The van der Waals surface area contributed by atoms with Gasteiger partial charge in [0.05, 0.1) is 24.7 Å². The lowest BCUT2D eigenvalue weighted by Crippen LogP contribution is -2.40. The quantitative estimate of drug-likeness (QED) is 0.755. The molecule has 156 valence electrons. The number of nitrogens with one attached hydrogen (secondary N) is 2. The molecule has 1 fully saturated rings. The summed E-state index contributed by atoms with van der Waals surface area (Å²) in [6.45, 7) is 7.19. The zero-order valence-corrected chi connectivity index (χ0v) is 17.8. The molecule has 2 N–H and O–H groups in total. The topological polar surface area (TPSA) is 87.7 Å². The summed E-state index contributed by atoms with van der Waals surface area (Å²) in [5, 5.41) is 5.91. The van der Waals surface area contributed by atoms with E-state index in [2.05, 4.69) is 10.6 Å². The van der Waals surface area contributed by atoms with Crippen LogP contribution in [0.15, 0.2) is 41.3 Å². The third-order valence-electron chi connectivity index (χ3n) is 4.90. The van der Waals surface area contributed by atoms with Gasteiger partial charge in [-0.3, -0.25) is 4.79 Å². The van der Waals surface area contributed by atoms with Crippen LogP contribution in [0.4, 0.5) is 11.4 Å². The van der Waals surface area contributed by atoms with Gasteiger partial charge in [0.25, 0.3) is 0 Å². The number of hydrogen-bond acceptors (Lipinski definition) is 5. The van der Waals surface area contributed by atoms with Crippen molar-refractivity contribution < 1.29 is 17.9 Å². The van der Waals surface area contributed by atoms with Crippen LogP contribution < -0.4 is 10.6 Å². The minimum absolute atomic E-state index is 0.0352. The number of ether oxygens (including phenoxy) is 1. The van der Waals surface area contributed by atoms with Gasteiger partial charge in [-0.1, -0.05) is 18.2 Å². The van der Waals surface area contributed by atoms with Gasteiger partial charge in [0, 0.05) is 24.5 Å². The lowest BCUT2D eigenvalue weighted by Gasteiger charge is -2.27. The molecule has 2 aromatic rings. The molecule has 1 amide bonds. The minimum atomic E-state index is -3.60. The van der Waals surface area contributed by atoms with E-state index >= 15 is 0 Å². The second-order valence-corrected chi connectivity index (χ2v) is 9.12. The molecule has 1 aliphatic rings. The summed E-state index contributed by atoms with van der Waals surface area (Å²) < 4.78 is 32.6. The van der Waals surface area contributed by atoms with E-state index in [0.29, 0.717) is 37.6 Å². The van der Waals surface area contributed by atoms with Crippen molar-refractivity contribution in [2.24, 2.45) is 0 Å². The van der Waals surface area contributed by atoms with E-state index < -0.39 is 10.0 Å². The second-order valence-electron chi connectivity index (χ2n) is 7.22. The molecule has 8 heteroatoms. The van der Waals surface area contributed by atoms with Crippen molar-refractivity contribution in [2.75, 3.05) is 43.5 Å². The number of carbonyl (C=O) groups excluding carboxylic acids is 1. The van der Waals surface area contributed by atoms with E-state index in [-0.39, 0.29) is 17.3 Å². The third-order valence-corrected chi connectivity index (χ3v) is 6.94. The van der Waals surface area contributed by atoms with Gasteiger partial charge in [0.2, 0.25) is 15.9 Å². The van der Waals surface area contributed by atoms with Gasteiger partial charge in [-0.15, -0.1) is 0 Å². The summed E-state index contributed by atoms with van der Waals surface area (Å²) in [4.78, 5) is 12.6. The lowest BCUT2D eigenvalue weighted by molar-refractivity contribution is -0.114. The summed E-state index contributed by atoms with van der Waals surface area (Å²) in [6.07, 6.45) is 0. The Balaban J connectivity index is 1.69. The predicted molar refractivity (Wildman–Crippen MR) is 114 cm³/mol. The van der Waals surface area contributed by atoms with Gasteiger partial charge in [0.1, 0.15) is 0 Å². The number of amides is 1. The molecule has 2 aromatic carbocycles. The van der Waals surface area contributed by atoms with Crippen LogP contribution in [0.5, 0.6) is 0 Å². The molecule has 1 saturated heterocycles. The fourth-order valence-corrected chi connectivity index (χ4v) is 4.82. The van der Waals surface area contributed by atoms with Crippen LogP contribution in [0.2, 0.25) is 0 Å². The van der Waals surface area contributed by atoms with Gasteiger partial charge < -0.3 is 15.4 Å². The molecular formula is C21H27N3O4S. The maximum atomic E-state index is 13.0. The molecule has 29 heavy (non-hydrogen) atoms. The third kappa shape index (κ3) is 5.14. The highest BCUT2D eigenvalue weighted by molar-refractivity contribution is 7.89. The summed E-state index contributed by atoms with van der Waals surface area (Å²) in [5.41, 5.74) is 4.07. The predicted octanol–water partition coefficient (Wildman–Crippen LogP) is 2.68. The number of morpholine rings is 1. The molecule has 0 atom stereocenters. The smallest absolute Gasteiger partial charge is 0.243 e. The number of rotatable bonds is 6. The van der Waals surface area contributed by atoms with E-state index in [9.17, 15) is 13.2 Å². The SMILES string of the molecule is Cc1ccc(C)c(NC(=O)CNc2ccc(C)c(S(=O)(=O)N3CCOCC3)c2)c1. The van der Waals surface area contributed by atoms with Crippen molar-refractivity contribution in [1.82, 2.24) is 4.31 Å². The summed E-state index contributed by atoms with van der Waals surface area (Å²) in [6, 6.07) is 11.0. The first kappa shape index (κ1) is 21.3. The fraction of sp³-hybridized carbons (Fsp3) is 0.381.